The maximum absolute atomic E-state index is 13.6. The number of carbonyl (C=O) groups is 1. The number of amides is 1. The van der Waals surface area contributed by atoms with Crippen molar-refractivity contribution in [3.05, 3.63) is 113 Å². The van der Waals surface area contributed by atoms with Crippen molar-refractivity contribution in [2.75, 3.05) is 6.54 Å². The number of nitrogens with zero attached hydrogens (tertiary/aromatic N) is 6. The van der Waals surface area contributed by atoms with Gasteiger partial charge in [0, 0.05) is 40.1 Å². The third kappa shape index (κ3) is 5.15. The second-order valence-corrected chi connectivity index (χ2v) is 11.4. The second-order valence-electron chi connectivity index (χ2n) is 11.0. The van der Waals surface area contributed by atoms with Gasteiger partial charge in [0.15, 0.2) is 0 Å². The standard InChI is InChI=1S/C33H28ClF2N7O/c1-20(24-11-10-23(36)16-28(24)34)43-18-30(39-40-43)27-17-37-42-15-14-41(19-31(27)42)32(44)13-12-26-25-4-2-3-5-29(25)38-33(26)21-6-8-22(35)9-7-21/h2-11,16-18,20,38H,12-15,19H2,1H3/t20-/m1/s1. The molecule has 11 heteroatoms. The van der Waals surface area contributed by atoms with Crippen molar-refractivity contribution in [3.63, 3.8) is 0 Å². The molecule has 1 aliphatic heterocycles. The van der Waals surface area contributed by atoms with Crippen molar-refractivity contribution >= 4 is 28.4 Å². The van der Waals surface area contributed by atoms with Gasteiger partial charge in [0.1, 0.15) is 17.3 Å². The molecule has 0 saturated carbocycles. The number of rotatable bonds is 7. The van der Waals surface area contributed by atoms with E-state index in [0.29, 0.717) is 43.2 Å². The quantitative estimate of drug-likeness (QED) is 0.215. The number of aromatic amines is 1. The molecule has 0 unspecified atom stereocenters. The summed E-state index contributed by atoms with van der Waals surface area (Å²) in [5.74, 6) is -0.646. The zero-order chi connectivity index (χ0) is 30.4. The molecule has 0 saturated heterocycles. The Hall–Kier alpha value is -4.83. The molecular weight excluding hydrogens is 584 g/mol. The van der Waals surface area contributed by atoms with Crippen molar-refractivity contribution in [3.8, 4) is 22.5 Å². The summed E-state index contributed by atoms with van der Waals surface area (Å²) in [5.41, 5.74) is 6.85. The van der Waals surface area contributed by atoms with Crippen LogP contribution in [0.2, 0.25) is 5.02 Å². The Morgan fingerprint density at radius 3 is 2.66 bits per heavy atom. The first-order valence-corrected chi connectivity index (χ1v) is 14.8. The fraction of sp³-hybridized carbons (Fsp3) is 0.212. The van der Waals surface area contributed by atoms with Gasteiger partial charge in [-0.3, -0.25) is 9.48 Å². The molecule has 0 radical (unpaired) electrons. The highest BCUT2D eigenvalue weighted by molar-refractivity contribution is 6.31. The van der Waals surface area contributed by atoms with Gasteiger partial charge in [-0.1, -0.05) is 41.1 Å². The number of aromatic nitrogens is 6. The Balaban J connectivity index is 1.09. The molecule has 6 aromatic rings. The van der Waals surface area contributed by atoms with E-state index in [0.717, 1.165) is 44.5 Å². The lowest BCUT2D eigenvalue weighted by atomic mass is 10.0. The fourth-order valence-corrected chi connectivity index (χ4v) is 6.28. The van der Waals surface area contributed by atoms with Crippen molar-refractivity contribution in [1.82, 2.24) is 34.7 Å². The van der Waals surface area contributed by atoms with E-state index in [1.165, 1.54) is 24.3 Å². The average Bonchev–Trinajstić information content (AvgIpc) is 3.77. The lowest BCUT2D eigenvalue weighted by Crippen LogP contribution is -2.38. The molecule has 222 valence electrons. The van der Waals surface area contributed by atoms with E-state index in [1.807, 2.05) is 47.0 Å². The van der Waals surface area contributed by atoms with Crippen molar-refractivity contribution in [2.45, 2.75) is 38.9 Å². The van der Waals surface area contributed by atoms with Crippen LogP contribution in [0.1, 0.15) is 36.2 Å². The van der Waals surface area contributed by atoms with Crippen molar-refractivity contribution in [2.24, 2.45) is 0 Å². The molecule has 1 N–H and O–H groups in total. The van der Waals surface area contributed by atoms with Crippen LogP contribution in [-0.2, 0) is 24.3 Å². The van der Waals surface area contributed by atoms with Gasteiger partial charge in [0.2, 0.25) is 5.91 Å². The van der Waals surface area contributed by atoms with Gasteiger partial charge in [0.05, 0.1) is 37.2 Å². The van der Waals surface area contributed by atoms with Crippen LogP contribution >= 0.6 is 11.6 Å². The van der Waals surface area contributed by atoms with Crippen LogP contribution in [0, 0.1) is 11.6 Å². The maximum atomic E-state index is 13.6. The van der Waals surface area contributed by atoms with Crippen molar-refractivity contribution < 1.29 is 13.6 Å². The van der Waals surface area contributed by atoms with E-state index in [4.69, 9.17) is 11.6 Å². The zero-order valence-electron chi connectivity index (χ0n) is 23.8. The number of para-hydroxylation sites is 1. The van der Waals surface area contributed by atoms with Crippen LogP contribution < -0.4 is 0 Å². The highest BCUT2D eigenvalue weighted by atomic mass is 35.5. The monoisotopic (exact) mass is 611 g/mol. The van der Waals surface area contributed by atoms with E-state index in [-0.39, 0.29) is 17.8 Å². The molecule has 3 aromatic heterocycles. The summed E-state index contributed by atoms with van der Waals surface area (Å²) < 4.78 is 30.8. The van der Waals surface area contributed by atoms with Crippen molar-refractivity contribution in [1.29, 1.82) is 0 Å². The number of nitrogens with one attached hydrogen (secondary N) is 1. The van der Waals surface area contributed by atoms with Gasteiger partial charge < -0.3 is 9.88 Å². The largest absolute Gasteiger partial charge is 0.354 e. The molecule has 7 rings (SSSR count). The number of halogens is 3. The number of fused-ring (bicyclic) bond motifs is 2. The maximum Gasteiger partial charge on any atom is 0.223 e. The topological polar surface area (TPSA) is 84.6 Å². The second kappa shape index (κ2) is 11.3. The first kappa shape index (κ1) is 28.0. The van der Waals surface area contributed by atoms with E-state index >= 15 is 0 Å². The number of H-pyrrole nitrogens is 1. The molecule has 0 spiro atoms. The van der Waals surface area contributed by atoms with Gasteiger partial charge >= 0.3 is 0 Å². The number of hydrogen-bond acceptors (Lipinski definition) is 4. The van der Waals surface area contributed by atoms with E-state index in [1.54, 1.807) is 29.1 Å². The minimum Gasteiger partial charge on any atom is -0.354 e. The summed E-state index contributed by atoms with van der Waals surface area (Å²) in [6, 6.07) is 18.4. The highest BCUT2D eigenvalue weighted by Gasteiger charge is 2.26. The Morgan fingerprint density at radius 1 is 1.05 bits per heavy atom. The summed E-state index contributed by atoms with van der Waals surface area (Å²) in [4.78, 5) is 18.9. The van der Waals surface area contributed by atoms with E-state index in [9.17, 15) is 13.6 Å². The smallest absolute Gasteiger partial charge is 0.223 e. The van der Waals surface area contributed by atoms with Gasteiger partial charge in [-0.25, -0.2) is 13.5 Å². The highest BCUT2D eigenvalue weighted by Crippen LogP contribution is 2.33. The summed E-state index contributed by atoms with van der Waals surface area (Å²) in [5, 5.41) is 14.6. The third-order valence-corrected chi connectivity index (χ3v) is 8.68. The van der Waals surface area contributed by atoms with Crippen LogP contribution in [0.25, 0.3) is 33.4 Å². The molecule has 1 atom stereocenters. The molecule has 1 amide bonds. The first-order chi connectivity index (χ1) is 21.4. The molecular formula is C33H28ClF2N7O. The molecule has 44 heavy (non-hydrogen) atoms. The zero-order valence-corrected chi connectivity index (χ0v) is 24.6. The molecule has 0 bridgehead atoms. The van der Waals surface area contributed by atoms with Crippen LogP contribution in [0.4, 0.5) is 8.78 Å². The molecule has 4 heterocycles. The minimum absolute atomic E-state index is 0.0435. The van der Waals surface area contributed by atoms with Crippen LogP contribution in [0.3, 0.4) is 0 Å². The molecule has 0 aliphatic carbocycles. The molecule has 1 aliphatic rings. The Kier molecular flexibility index (Phi) is 7.21. The van der Waals surface area contributed by atoms with Crippen LogP contribution in [0.5, 0.6) is 0 Å². The number of carbonyl (C=O) groups excluding carboxylic acids is 1. The summed E-state index contributed by atoms with van der Waals surface area (Å²) >= 11 is 6.29. The Morgan fingerprint density at radius 2 is 1.84 bits per heavy atom. The number of hydrogen-bond donors (Lipinski definition) is 1. The van der Waals surface area contributed by atoms with Gasteiger partial charge in [-0.05, 0) is 72.5 Å². The van der Waals surface area contributed by atoms with Gasteiger partial charge in [-0.2, -0.15) is 5.10 Å². The van der Waals surface area contributed by atoms with Gasteiger partial charge in [0.25, 0.3) is 0 Å². The predicted octanol–water partition coefficient (Wildman–Crippen LogP) is 6.81. The lowest BCUT2D eigenvalue weighted by Gasteiger charge is -2.28. The Labute approximate surface area is 256 Å². The lowest BCUT2D eigenvalue weighted by molar-refractivity contribution is -0.132. The minimum atomic E-state index is -0.398. The van der Waals surface area contributed by atoms with E-state index < -0.39 is 5.82 Å². The Bertz CT molecular complexity index is 2000. The molecule has 0 fully saturated rings. The fourth-order valence-electron chi connectivity index (χ4n) is 5.96. The predicted molar refractivity (Wildman–Crippen MR) is 164 cm³/mol. The SMILES string of the molecule is C[C@H](c1ccc(F)cc1Cl)n1cc(-c2cnn3c2CN(C(=O)CCc2c(-c4ccc(F)cc4)[nH]c4ccccc24)CC3)nn1. The molecule has 3 aromatic carbocycles. The molecule has 8 nitrogen and oxygen atoms in total. The number of aryl methyl sites for hydroxylation is 1. The van der Waals surface area contributed by atoms with Crippen LogP contribution in [-0.4, -0.2) is 47.1 Å². The average molecular weight is 612 g/mol. The van der Waals surface area contributed by atoms with Gasteiger partial charge in [-0.15, -0.1) is 5.10 Å². The summed E-state index contributed by atoms with van der Waals surface area (Å²) in [7, 11) is 0. The van der Waals surface area contributed by atoms with E-state index in [2.05, 4.69) is 20.4 Å². The number of benzene rings is 3. The third-order valence-electron chi connectivity index (χ3n) is 8.35. The normalized spacial score (nSPS) is 13.8. The summed E-state index contributed by atoms with van der Waals surface area (Å²) in [6.45, 7) is 3.45. The van der Waals surface area contributed by atoms with Crippen LogP contribution in [0.15, 0.2) is 79.1 Å². The summed E-state index contributed by atoms with van der Waals surface area (Å²) in [6.07, 6.45) is 4.44. The first-order valence-electron chi connectivity index (χ1n) is 14.4.